The van der Waals surface area contributed by atoms with Gasteiger partial charge in [0, 0.05) is 6.20 Å². The van der Waals surface area contributed by atoms with E-state index in [1.54, 1.807) is 0 Å². The van der Waals surface area contributed by atoms with Crippen molar-refractivity contribution in [3.05, 3.63) is 39.2 Å². The molecule has 92 valence electrons. The molecule has 0 fully saturated rings. The fraction of sp³-hybridized carbons (Fsp3) is 0. The number of pyridine rings is 1. The highest BCUT2D eigenvalue weighted by atomic mass is 35.5. The van der Waals surface area contributed by atoms with Crippen LogP contribution in [0.25, 0.3) is 11.5 Å². The summed E-state index contributed by atoms with van der Waals surface area (Å²) < 4.78 is 0. The lowest BCUT2D eigenvalue weighted by molar-refractivity contribution is 0.0690. The number of aromatic carboxylic acids is 1. The van der Waals surface area contributed by atoms with Gasteiger partial charge in [0.25, 0.3) is 0 Å². The predicted molar refractivity (Wildman–Crippen MR) is 67.3 cm³/mol. The first-order valence-electron chi connectivity index (χ1n) is 4.56. The summed E-state index contributed by atoms with van der Waals surface area (Å²) in [6.07, 6.45) is 2.54. The molecule has 0 spiro atoms. The van der Waals surface area contributed by atoms with E-state index in [0.29, 0.717) is 5.02 Å². The topological polar surface area (TPSA) is 76.0 Å². The fourth-order valence-corrected chi connectivity index (χ4v) is 1.85. The normalized spacial score (nSPS) is 10.4. The molecule has 0 radical (unpaired) electrons. The van der Waals surface area contributed by atoms with E-state index in [4.69, 9.17) is 39.9 Å². The summed E-state index contributed by atoms with van der Waals surface area (Å²) in [5, 5.41) is 9.42. The van der Waals surface area contributed by atoms with E-state index in [-0.39, 0.29) is 27.3 Å². The monoisotopic (exact) mass is 303 g/mol. The van der Waals surface area contributed by atoms with Crippen LogP contribution in [0.2, 0.25) is 15.1 Å². The summed E-state index contributed by atoms with van der Waals surface area (Å²) in [6, 6.07) is 1.46. The Kier molecular flexibility index (Phi) is 3.65. The van der Waals surface area contributed by atoms with Crippen LogP contribution in [0, 0.1) is 0 Å². The number of hydrogen-bond acceptors (Lipinski definition) is 4. The van der Waals surface area contributed by atoms with Crippen molar-refractivity contribution in [1.29, 1.82) is 0 Å². The number of aromatic nitrogens is 3. The van der Waals surface area contributed by atoms with Crippen LogP contribution in [-0.2, 0) is 0 Å². The average Bonchev–Trinajstić information content (AvgIpc) is 2.30. The van der Waals surface area contributed by atoms with Gasteiger partial charge in [-0.2, -0.15) is 0 Å². The Balaban J connectivity index is 2.58. The van der Waals surface area contributed by atoms with E-state index in [1.807, 2.05) is 0 Å². The van der Waals surface area contributed by atoms with Gasteiger partial charge in [-0.05, 0) is 6.07 Å². The summed E-state index contributed by atoms with van der Waals surface area (Å²) in [5.41, 5.74) is -0.0743. The summed E-state index contributed by atoms with van der Waals surface area (Å²) in [7, 11) is 0. The average molecular weight is 305 g/mol. The van der Waals surface area contributed by atoms with Gasteiger partial charge < -0.3 is 5.11 Å². The van der Waals surface area contributed by atoms with Gasteiger partial charge in [0.15, 0.2) is 11.5 Å². The zero-order chi connectivity index (χ0) is 13.3. The van der Waals surface area contributed by atoms with E-state index in [0.717, 1.165) is 0 Å². The molecule has 0 saturated heterocycles. The molecule has 0 unspecified atom stereocenters. The Hall–Kier alpha value is -1.43. The quantitative estimate of drug-likeness (QED) is 0.922. The highest BCUT2D eigenvalue weighted by Gasteiger charge is 2.16. The van der Waals surface area contributed by atoms with E-state index < -0.39 is 5.97 Å². The van der Waals surface area contributed by atoms with Gasteiger partial charge in [0.2, 0.25) is 0 Å². The van der Waals surface area contributed by atoms with Crippen LogP contribution in [-0.4, -0.2) is 26.0 Å². The Labute approximate surface area is 116 Å². The molecule has 2 heterocycles. The van der Waals surface area contributed by atoms with Crippen LogP contribution in [0.15, 0.2) is 18.5 Å². The van der Waals surface area contributed by atoms with Gasteiger partial charge in [-0.25, -0.2) is 19.7 Å². The van der Waals surface area contributed by atoms with Crippen molar-refractivity contribution >= 4 is 40.8 Å². The van der Waals surface area contributed by atoms with Gasteiger partial charge in [0.05, 0.1) is 21.3 Å². The first kappa shape index (κ1) is 13.0. The molecule has 18 heavy (non-hydrogen) atoms. The van der Waals surface area contributed by atoms with Crippen molar-refractivity contribution in [1.82, 2.24) is 15.0 Å². The van der Waals surface area contributed by atoms with Crippen molar-refractivity contribution in [2.45, 2.75) is 0 Å². The maximum Gasteiger partial charge on any atom is 0.356 e. The number of hydrogen-bond donors (Lipinski definition) is 1. The lowest BCUT2D eigenvalue weighted by Gasteiger charge is -2.04. The molecular weight excluding hydrogens is 300 g/mol. The Morgan fingerprint density at radius 3 is 2.44 bits per heavy atom. The van der Waals surface area contributed by atoms with Crippen molar-refractivity contribution in [3.63, 3.8) is 0 Å². The molecule has 0 atom stereocenters. The Morgan fingerprint density at radius 1 is 1.11 bits per heavy atom. The SMILES string of the molecule is O=C(O)c1nc(-c2ncc(Cl)cc2Cl)ncc1Cl. The maximum absolute atomic E-state index is 10.9. The van der Waals surface area contributed by atoms with Crippen LogP contribution in [0.5, 0.6) is 0 Å². The largest absolute Gasteiger partial charge is 0.476 e. The van der Waals surface area contributed by atoms with Gasteiger partial charge in [-0.15, -0.1) is 0 Å². The summed E-state index contributed by atoms with van der Waals surface area (Å²) in [6.45, 7) is 0. The number of nitrogens with zero attached hydrogens (tertiary/aromatic N) is 3. The van der Waals surface area contributed by atoms with E-state index >= 15 is 0 Å². The maximum atomic E-state index is 10.9. The van der Waals surface area contributed by atoms with Gasteiger partial charge in [-0.1, -0.05) is 34.8 Å². The Bertz CT molecular complexity index is 634. The van der Waals surface area contributed by atoms with Crippen molar-refractivity contribution in [2.24, 2.45) is 0 Å². The second-order valence-corrected chi connectivity index (χ2v) is 4.43. The molecule has 0 bridgehead atoms. The second-order valence-electron chi connectivity index (χ2n) is 3.18. The molecule has 0 aliphatic rings. The molecule has 2 aromatic heterocycles. The van der Waals surface area contributed by atoms with Crippen molar-refractivity contribution < 1.29 is 9.90 Å². The van der Waals surface area contributed by atoms with Crippen LogP contribution >= 0.6 is 34.8 Å². The molecule has 8 heteroatoms. The van der Waals surface area contributed by atoms with Gasteiger partial charge in [-0.3, -0.25) is 0 Å². The fourth-order valence-electron chi connectivity index (χ4n) is 1.21. The van der Waals surface area contributed by atoms with E-state index in [2.05, 4.69) is 15.0 Å². The lowest BCUT2D eigenvalue weighted by atomic mass is 10.3. The van der Waals surface area contributed by atoms with Crippen molar-refractivity contribution in [2.75, 3.05) is 0 Å². The van der Waals surface area contributed by atoms with Gasteiger partial charge in [0.1, 0.15) is 5.69 Å². The molecule has 5 nitrogen and oxygen atoms in total. The van der Waals surface area contributed by atoms with E-state index in [1.165, 1.54) is 18.5 Å². The Morgan fingerprint density at radius 2 is 1.83 bits per heavy atom. The third-order valence-corrected chi connectivity index (χ3v) is 2.74. The highest BCUT2D eigenvalue weighted by molar-refractivity contribution is 6.36. The third-order valence-electron chi connectivity index (χ3n) is 1.97. The molecule has 0 saturated carbocycles. The van der Waals surface area contributed by atoms with Gasteiger partial charge >= 0.3 is 5.97 Å². The molecule has 2 rings (SSSR count). The number of carboxylic acid groups (broad SMARTS) is 1. The minimum absolute atomic E-state index is 0.0589. The summed E-state index contributed by atoms with van der Waals surface area (Å²) >= 11 is 17.3. The number of carboxylic acids is 1. The minimum Gasteiger partial charge on any atom is -0.476 e. The summed E-state index contributed by atoms with van der Waals surface area (Å²) in [4.78, 5) is 22.5. The summed E-state index contributed by atoms with van der Waals surface area (Å²) in [5.74, 6) is -1.19. The van der Waals surface area contributed by atoms with Crippen LogP contribution in [0.4, 0.5) is 0 Å². The smallest absolute Gasteiger partial charge is 0.356 e. The number of rotatable bonds is 2. The third kappa shape index (κ3) is 2.53. The molecule has 0 amide bonds. The van der Waals surface area contributed by atoms with Crippen LogP contribution in [0.3, 0.4) is 0 Å². The van der Waals surface area contributed by atoms with E-state index in [9.17, 15) is 4.79 Å². The number of halogens is 3. The zero-order valence-corrected chi connectivity index (χ0v) is 10.8. The highest BCUT2D eigenvalue weighted by Crippen LogP contribution is 2.26. The minimum atomic E-state index is -1.26. The predicted octanol–water partition coefficient (Wildman–Crippen LogP) is 3.20. The molecule has 0 aliphatic carbocycles. The first-order chi connectivity index (χ1) is 8.49. The van der Waals surface area contributed by atoms with Crippen LogP contribution in [0.1, 0.15) is 10.5 Å². The zero-order valence-electron chi connectivity index (χ0n) is 8.56. The second kappa shape index (κ2) is 5.06. The molecule has 0 aromatic carbocycles. The molecule has 0 aliphatic heterocycles. The molecule has 1 N–H and O–H groups in total. The number of carbonyl (C=O) groups is 1. The molecular formula is C10H4Cl3N3O2. The molecule has 2 aromatic rings. The lowest BCUT2D eigenvalue weighted by Crippen LogP contribution is -2.04. The first-order valence-corrected chi connectivity index (χ1v) is 5.69. The van der Waals surface area contributed by atoms with Crippen molar-refractivity contribution in [3.8, 4) is 11.5 Å². The standard InChI is InChI=1S/C10H4Cl3N3O2/c11-4-1-5(12)7(14-2-4)9-15-3-6(13)8(16-9)10(17)18/h1-3H,(H,17,18). The van der Waals surface area contributed by atoms with Crippen LogP contribution < -0.4 is 0 Å².